The number of hydrogen-bond donors (Lipinski definition) is 1. The third-order valence-corrected chi connectivity index (χ3v) is 1.41. The maximum Gasteiger partial charge on any atom is 2.00 e. The second-order valence-corrected chi connectivity index (χ2v) is 2.47. The zero-order valence-corrected chi connectivity index (χ0v) is 8.75. The van der Waals surface area contributed by atoms with Crippen molar-refractivity contribution in [2.75, 3.05) is 0 Å². The minimum Gasteiger partial charge on any atom is -1.00 e. The number of rotatable bonds is 1. The molecule has 2 nitrogen and oxygen atoms in total. The summed E-state index contributed by atoms with van der Waals surface area (Å²) < 4.78 is 41.4. The predicted octanol–water partition coefficient (Wildman–Crippen LogP) is 1.54. The summed E-state index contributed by atoms with van der Waals surface area (Å²) in [6, 6.07) is 0. The molecular formula is C3H3BrCaF4O2. The molecule has 0 aromatic heterocycles. The molecule has 0 bridgehead atoms. The molecule has 1 atom stereocenters. The molecule has 0 radical (unpaired) electrons. The van der Waals surface area contributed by atoms with Crippen LogP contribution in [0.2, 0.25) is 0 Å². The largest absolute Gasteiger partial charge is 2.00 e. The quantitative estimate of drug-likeness (QED) is 0.444. The van der Waals surface area contributed by atoms with Gasteiger partial charge in [-0.15, -0.1) is 0 Å². The summed E-state index contributed by atoms with van der Waals surface area (Å²) in [5.74, 6) is -2.61. The maximum atomic E-state index is 11.9. The number of aliphatic carboxylic acids is 1. The van der Waals surface area contributed by atoms with Crippen molar-refractivity contribution in [3.63, 3.8) is 0 Å². The predicted molar refractivity (Wildman–Crippen MR) is 34.4 cm³/mol. The summed E-state index contributed by atoms with van der Waals surface area (Å²) >= 11 is 1.38. The van der Waals surface area contributed by atoms with Gasteiger partial charge in [-0.2, -0.15) is 13.2 Å². The van der Waals surface area contributed by atoms with Crippen LogP contribution in [0.15, 0.2) is 0 Å². The summed E-state index contributed by atoms with van der Waals surface area (Å²) in [7, 11) is 0. The number of alkyl halides is 5. The van der Waals surface area contributed by atoms with Crippen molar-refractivity contribution in [1.29, 1.82) is 0 Å². The molecule has 0 rings (SSSR count). The van der Waals surface area contributed by atoms with Crippen molar-refractivity contribution >= 4 is 59.6 Å². The Balaban J connectivity index is -0.000000135. The summed E-state index contributed by atoms with van der Waals surface area (Å²) in [4.78, 5) is 9.53. The molecule has 0 heterocycles. The Morgan fingerprint density at radius 2 is 1.64 bits per heavy atom. The van der Waals surface area contributed by atoms with E-state index in [-0.39, 0.29) is 40.6 Å². The van der Waals surface area contributed by atoms with Crippen LogP contribution in [0.25, 0.3) is 0 Å². The summed E-state index contributed by atoms with van der Waals surface area (Å²) in [6.07, 6.45) is -5.43. The van der Waals surface area contributed by atoms with Gasteiger partial charge in [0.05, 0.1) is 0 Å². The van der Waals surface area contributed by atoms with Gasteiger partial charge in [-0.1, -0.05) is 0 Å². The molecule has 0 saturated carbocycles. The molecule has 0 fully saturated rings. The van der Waals surface area contributed by atoms with Gasteiger partial charge in [0, 0.05) is 0 Å². The van der Waals surface area contributed by atoms with Crippen LogP contribution in [0.4, 0.5) is 17.6 Å². The summed E-state index contributed by atoms with van der Waals surface area (Å²) in [5, 5.41) is 7.64. The Morgan fingerprint density at radius 3 is 1.64 bits per heavy atom. The van der Waals surface area contributed by atoms with E-state index >= 15 is 0 Å². The Bertz CT molecular complexity index is 164. The fraction of sp³-hybridized carbons (Fsp3) is 0.667. The third-order valence-electron chi connectivity index (χ3n) is 0.625. The van der Waals surface area contributed by atoms with E-state index in [1.165, 1.54) is 15.9 Å². The van der Waals surface area contributed by atoms with Crippen LogP contribution in [0.5, 0.6) is 0 Å². The Morgan fingerprint density at radius 1 is 1.36 bits per heavy atom. The van der Waals surface area contributed by atoms with Crippen LogP contribution < -0.4 is 0 Å². The van der Waals surface area contributed by atoms with E-state index < -0.39 is 16.7 Å². The third kappa shape index (κ3) is 3.43. The molecule has 0 saturated heterocycles. The molecule has 0 aliphatic carbocycles. The number of hydrogen-bond acceptors (Lipinski definition) is 1. The number of carbonyl (C=O) groups is 1. The molecule has 0 spiro atoms. The van der Waals surface area contributed by atoms with E-state index in [0.29, 0.717) is 0 Å². The van der Waals surface area contributed by atoms with Crippen LogP contribution in [-0.2, 0) is 4.79 Å². The van der Waals surface area contributed by atoms with Crippen molar-refractivity contribution in [3.05, 3.63) is 0 Å². The molecule has 0 aliphatic heterocycles. The Hall–Kier alpha value is 0.930. The number of halogens is 5. The van der Waals surface area contributed by atoms with E-state index in [4.69, 9.17) is 5.11 Å². The van der Waals surface area contributed by atoms with E-state index in [0.717, 1.165) is 0 Å². The molecule has 0 aliphatic rings. The van der Waals surface area contributed by atoms with Crippen molar-refractivity contribution in [2.45, 2.75) is 10.8 Å². The van der Waals surface area contributed by atoms with Crippen LogP contribution in [-0.4, -0.2) is 59.6 Å². The van der Waals surface area contributed by atoms with Crippen molar-refractivity contribution in [1.82, 2.24) is 0 Å². The minimum atomic E-state index is -5.43. The zero-order chi connectivity index (χ0) is 8.58. The van der Waals surface area contributed by atoms with E-state index in [1.807, 2.05) is 0 Å². The van der Waals surface area contributed by atoms with Crippen LogP contribution >= 0.6 is 15.9 Å². The molecule has 8 heteroatoms. The van der Waals surface area contributed by atoms with Gasteiger partial charge >= 0.3 is 54.5 Å². The smallest absolute Gasteiger partial charge is 1.00 e. The topological polar surface area (TPSA) is 37.3 Å². The first-order chi connectivity index (χ1) is 4.19. The second-order valence-electron chi connectivity index (χ2n) is 1.38. The fourth-order valence-electron chi connectivity index (χ4n) is 0.121. The summed E-state index contributed by atoms with van der Waals surface area (Å²) in [6.45, 7) is 0. The molecule has 0 amide bonds. The van der Waals surface area contributed by atoms with Crippen molar-refractivity contribution in [3.8, 4) is 0 Å². The van der Waals surface area contributed by atoms with Crippen molar-refractivity contribution < 1.29 is 30.3 Å². The average molecular weight is 267 g/mol. The van der Waals surface area contributed by atoms with Gasteiger partial charge in [0.2, 0.25) is 0 Å². The molecule has 0 aromatic rings. The van der Waals surface area contributed by atoms with Gasteiger partial charge in [-0.25, -0.2) is 9.18 Å². The average Bonchev–Trinajstić information content (AvgIpc) is 1.62. The van der Waals surface area contributed by atoms with Gasteiger partial charge in [0.1, 0.15) is 0 Å². The Labute approximate surface area is 100 Å². The van der Waals surface area contributed by atoms with Crippen LogP contribution in [0, 0.1) is 0 Å². The van der Waals surface area contributed by atoms with Gasteiger partial charge in [-0.05, 0) is 15.9 Å². The van der Waals surface area contributed by atoms with Gasteiger partial charge in [0.25, 0.3) is 0 Å². The molecule has 64 valence electrons. The minimum absolute atomic E-state index is 0. The standard InChI is InChI=1S/C3HBrF4O2.Ca.2H/c4-2(5,1(9)10)3(6,7)8;;;/h(H,9,10);;;/q;+2;2*-1. The van der Waals surface area contributed by atoms with E-state index in [2.05, 4.69) is 0 Å². The van der Waals surface area contributed by atoms with E-state index in [1.54, 1.807) is 0 Å². The SMILES string of the molecule is O=C(O)C(F)(Br)C(F)(F)F.[Ca+2].[H-].[H-]. The van der Waals surface area contributed by atoms with Crippen LogP contribution in [0.1, 0.15) is 2.85 Å². The fourth-order valence-corrected chi connectivity index (χ4v) is 0.121. The molecule has 1 N–H and O–H groups in total. The summed E-state index contributed by atoms with van der Waals surface area (Å²) in [5.41, 5.74) is 0. The second kappa shape index (κ2) is 4.25. The van der Waals surface area contributed by atoms with Gasteiger partial charge in [-0.3, -0.25) is 0 Å². The van der Waals surface area contributed by atoms with Gasteiger partial charge in [0.15, 0.2) is 0 Å². The molecular weight excluding hydrogens is 264 g/mol. The molecule has 1 unspecified atom stereocenters. The zero-order valence-electron chi connectivity index (χ0n) is 6.95. The Kier molecular flexibility index (Phi) is 5.58. The van der Waals surface area contributed by atoms with Crippen molar-refractivity contribution in [2.24, 2.45) is 0 Å². The van der Waals surface area contributed by atoms with Gasteiger partial charge < -0.3 is 7.96 Å². The molecule has 11 heavy (non-hydrogen) atoms. The number of carboxylic acids is 1. The molecule has 0 aromatic carbocycles. The maximum absolute atomic E-state index is 11.9. The number of carboxylic acid groups (broad SMARTS) is 1. The first-order valence-corrected chi connectivity index (χ1v) is 2.67. The van der Waals surface area contributed by atoms with Crippen LogP contribution in [0.3, 0.4) is 0 Å². The first kappa shape index (κ1) is 14.5. The first-order valence-electron chi connectivity index (χ1n) is 1.87. The monoisotopic (exact) mass is 266 g/mol. The van der Waals surface area contributed by atoms with E-state index in [9.17, 15) is 22.4 Å². The normalized spacial score (nSPS) is 16.5.